The van der Waals surface area contributed by atoms with Crippen LogP contribution < -0.4 is 0 Å². The lowest BCUT2D eigenvalue weighted by Gasteiger charge is -2.07. The van der Waals surface area contributed by atoms with Crippen LogP contribution in [0.5, 0.6) is 0 Å². The predicted octanol–water partition coefficient (Wildman–Crippen LogP) is 2.11. The Labute approximate surface area is 74.9 Å². The van der Waals surface area contributed by atoms with Crippen molar-refractivity contribution >= 4 is 0 Å². The minimum absolute atomic E-state index is 0.193. The molecule has 0 saturated carbocycles. The summed E-state index contributed by atoms with van der Waals surface area (Å²) in [5, 5.41) is 9.18. The highest BCUT2D eigenvalue weighted by Gasteiger charge is 2.22. The fourth-order valence-corrected chi connectivity index (χ4v) is 1.69. The third-order valence-electron chi connectivity index (χ3n) is 2.44. The Bertz CT molecular complexity index is 114. The number of hydrogen-bond acceptors (Lipinski definition) is 2. The van der Waals surface area contributed by atoms with E-state index in [4.69, 9.17) is 4.74 Å². The Morgan fingerprint density at radius 1 is 1.33 bits per heavy atom. The molecule has 2 heteroatoms. The van der Waals surface area contributed by atoms with Crippen LogP contribution in [0.4, 0.5) is 0 Å². The number of aliphatic hydroxyl groups excluding tert-OH is 1. The van der Waals surface area contributed by atoms with Crippen LogP contribution in [-0.2, 0) is 4.74 Å². The van der Waals surface area contributed by atoms with Gasteiger partial charge in [0.25, 0.3) is 0 Å². The average molecular weight is 172 g/mol. The van der Waals surface area contributed by atoms with Crippen molar-refractivity contribution in [2.24, 2.45) is 0 Å². The average Bonchev–Trinajstić information content (AvgIpc) is 2.45. The third kappa shape index (κ3) is 3.55. The van der Waals surface area contributed by atoms with Crippen molar-refractivity contribution in [3.63, 3.8) is 0 Å². The van der Waals surface area contributed by atoms with Crippen LogP contribution >= 0.6 is 0 Å². The molecular formula is C10H20O2. The van der Waals surface area contributed by atoms with E-state index in [-0.39, 0.29) is 6.10 Å². The van der Waals surface area contributed by atoms with Gasteiger partial charge in [0.1, 0.15) is 0 Å². The summed E-state index contributed by atoms with van der Waals surface area (Å²) in [6.07, 6.45) is 7.32. The first kappa shape index (κ1) is 10.0. The summed E-state index contributed by atoms with van der Waals surface area (Å²) in [4.78, 5) is 0. The van der Waals surface area contributed by atoms with Crippen LogP contribution in [0.2, 0.25) is 0 Å². The zero-order chi connectivity index (χ0) is 8.81. The maximum atomic E-state index is 9.18. The molecule has 1 aliphatic heterocycles. The molecule has 1 aliphatic rings. The summed E-state index contributed by atoms with van der Waals surface area (Å²) in [6, 6.07) is 0. The zero-order valence-electron chi connectivity index (χ0n) is 7.96. The van der Waals surface area contributed by atoms with Gasteiger partial charge in [-0.05, 0) is 6.42 Å². The molecule has 0 unspecified atom stereocenters. The predicted molar refractivity (Wildman–Crippen MR) is 49.1 cm³/mol. The van der Waals surface area contributed by atoms with Crippen LogP contribution in [0.1, 0.15) is 45.4 Å². The van der Waals surface area contributed by atoms with Crippen LogP contribution in [0.3, 0.4) is 0 Å². The van der Waals surface area contributed by atoms with Gasteiger partial charge in [0.2, 0.25) is 0 Å². The number of ether oxygens (including phenoxy) is 1. The van der Waals surface area contributed by atoms with E-state index in [9.17, 15) is 5.11 Å². The molecule has 2 atom stereocenters. The number of aliphatic hydroxyl groups is 1. The minimum Gasteiger partial charge on any atom is -0.391 e. The van der Waals surface area contributed by atoms with Crippen molar-refractivity contribution in [1.29, 1.82) is 0 Å². The third-order valence-corrected chi connectivity index (χ3v) is 2.44. The van der Waals surface area contributed by atoms with Gasteiger partial charge >= 0.3 is 0 Å². The summed E-state index contributed by atoms with van der Waals surface area (Å²) < 4.78 is 5.40. The summed E-state index contributed by atoms with van der Waals surface area (Å²) >= 11 is 0. The van der Waals surface area contributed by atoms with Gasteiger partial charge in [-0.1, -0.05) is 32.6 Å². The van der Waals surface area contributed by atoms with Gasteiger partial charge in [0.05, 0.1) is 18.8 Å². The molecule has 1 rings (SSSR count). The van der Waals surface area contributed by atoms with E-state index in [1.807, 2.05) is 0 Å². The molecule has 72 valence electrons. The smallest absolute Gasteiger partial charge is 0.0798 e. The molecule has 0 aliphatic carbocycles. The lowest BCUT2D eigenvalue weighted by Crippen LogP contribution is -2.06. The van der Waals surface area contributed by atoms with Crippen LogP contribution in [0.15, 0.2) is 0 Å². The van der Waals surface area contributed by atoms with Gasteiger partial charge < -0.3 is 9.84 Å². The maximum absolute atomic E-state index is 9.18. The SMILES string of the molecule is CCCCCC[C@@H]1C[C@H](O)CO1. The lowest BCUT2D eigenvalue weighted by molar-refractivity contribution is 0.0829. The maximum Gasteiger partial charge on any atom is 0.0798 e. The second-order valence-corrected chi connectivity index (χ2v) is 3.69. The molecule has 0 amide bonds. The van der Waals surface area contributed by atoms with E-state index in [0.717, 1.165) is 12.8 Å². The van der Waals surface area contributed by atoms with Crippen molar-refractivity contribution < 1.29 is 9.84 Å². The normalized spacial score (nSPS) is 29.5. The molecule has 1 fully saturated rings. The Hall–Kier alpha value is -0.0800. The van der Waals surface area contributed by atoms with E-state index in [2.05, 4.69) is 6.92 Å². The van der Waals surface area contributed by atoms with E-state index >= 15 is 0 Å². The van der Waals surface area contributed by atoms with Crippen molar-refractivity contribution in [3.05, 3.63) is 0 Å². The van der Waals surface area contributed by atoms with Gasteiger partial charge in [0, 0.05) is 6.42 Å². The van der Waals surface area contributed by atoms with Crippen molar-refractivity contribution in [1.82, 2.24) is 0 Å². The molecule has 0 radical (unpaired) electrons. The molecule has 1 saturated heterocycles. The van der Waals surface area contributed by atoms with Crippen molar-refractivity contribution in [2.45, 2.75) is 57.7 Å². The quantitative estimate of drug-likeness (QED) is 0.643. The topological polar surface area (TPSA) is 29.5 Å². The molecule has 2 nitrogen and oxygen atoms in total. The fourth-order valence-electron chi connectivity index (χ4n) is 1.69. The van der Waals surface area contributed by atoms with Crippen LogP contribution in [-0.4, -0.2) is 23.9 Å². The molecular weight excluding hydrogens is 152 g/mol. The molecule has 0 bridgehead atoms. The highest BCUT2D eigenvalue weighted by atomic mass is 16.5. The van der Waals surface area contributed by atoms with Gasteiger partial charge in [-0.2, -0.15) is 0 Å². The highest BCUT2D eigenvalue weighted by Crippen LogP contribution is 2.18. The molecule has 1 N–H and O–H groups in total. The largest absolute Gasteiger partial charge is 0.391 e. The molecule has 1 heterocycles. The Kier molecular flexibility index (Phi) is 4.62. The van der Waals surface area contributed by atoms with Crippen molar-refractivity contribution in [2.75, 3.05) is 6.61 Å². The second-order valence-electron chi connectivity index (χ2n) is 3.69. The number of hydrogen-bond donors (Lipinski definition) is 1. The first-order valence-electron chi connectivity index (χ1n) is 5.12. The summed E-state index contributed by atoms with van der Waals surface area (Å²) in [6.45, 7) is 2.77. The monoisotopic (exact) mass is 172 g/mol. The lowest BCUT2D eigenvalue weighted by atomic mass is 10.1. The zero-order valence-corrected chi connectivity index (χ0v) is 7.96. The Balaban J connectivity index is 1.93. The molecule has 0 spiro atoms. The van der Waals surface area contributed by atoms with Crippen molar-refractivity contribution in [3.8, 4) is 0 Å². The summed E-state index contributed by atoms with van der Waals surface area (Å²) in [5.74, 6) is 0. The van der Waals surface area contributed by atoms with E-state index in [1.165, 1.54) is 25.7 Å². The van der Waals surface area contributed by atoms with Gasteiger partial charge in [-0.3, -0.25) is 0 Å². The van der Waals surface area contributed by atoms with E-state index in [0.29, 0.717) is 12.7 Å². The summed E-state index contributed by atoms with van der Waals surface area (Å²) in [7, 11) is 0. The number of unbranched alkanes of at least 4 members (excludes halogenated alkanes) is 3. The van der Waals surface area contributed by atoms with Crippen LogP contribution in [0.25, 0.3) is 0 Å². The van der Waals surface area contributed by atoms with E-state index < -0.39 is 0 Å². The van der Waals surface area contributed by atoms with Gasteiger partial charge in [-0.15, -0.1) is 0 Å². The van der Waals surface area contributed by atoms with Gasteiger partial charge in [-0.25, -0.2) is 0 Å². The van der Waals surface area contributed by atoms with E-state index in [1.54, 1.807) is 0 Å². The fraction of sp³-hybridized carbons (Fsp3) is 1.00. The molecule has 0 aromatic carbocycles. The highest BCUT2D eigenvalue weighted by molar-refractivity contribution is 4.71. The van der Waals surface area contributed by atoms with Gasteiger partial charge in [0.15, 0.2) is 0 Å². The number of rotatable bonds is 5. The standard InChI is InChI=1S/C10H20O2/c1-2-3-4-5-6-10-7-9(11)8-12-10/h9-11H,2-8H2,1H3/t9-,10+/m0/s1. The first-order chi connectivity index (χ1) is 5.83. The molecule has 12 heavy (non-hydrogen) atoms. The Morgan fingerprint density at radius 3 is 2.75 bits per heavy atom. The summed E-state index contributed by atoms with van der Waals surface area (Å²) in [5.41, 5.74) is 0. The Morgan fingerprint density at radius 2 is 2.17 bits per heavy atom. The molecule has 0 aromatic rings. The van der Waals surface area contributed by atoms with Crippen LogP contribution in [0, 0.1) is 0 Å². The molecule has 0 aromatic heterocycles. The minimum atomic E-state index is -0.193. The first-order valence-corrected chi connectivity index (χ1v) is 5.12. The second kappa shape index (κ2) is 5.55.